The van der Waals surface area contributed by atoms with Crippen LogP contribution in [0.15, 0.2) is 30.5 Å². The number of carbonyl (C=O) groups is 1. The fourth-order valence-corrected chi connectivity index (χ4v) is 3.91. The number of carbonyl (C=O) groups excluding carboxylic acids is 1. The molecule has 1 amide bonds. The number of benzene rings is 1. The number of hydrogen-bond donors (Lipinski definition) is 2. The smallest absolute Gasteiger partial charge is 0.237 e. The summed E-state index contributed by atoms with van der Waals surface area (Å²) in [6.45, 7) is 1.96. The van der Waals surface area contributed by atoms with Crippen LogP contribution in [0.5, 0.6) is 0 Å². The maximum atomic E-state index is 12.6. The lowest BCUT2D eigenvalue weighted by atomic mass is 9.79. The highest BCUT2D eigenvalue weighted by molar-refractivity contribution is 6.06. The van der Waals surface area contributed by atoms with Gasteiger partial charge in [-0.15, -0.1) is 0 Å². The maximum absolute atomic E-state index is 12.6. The van der Waals surface area contributed by atoms with Crippen LogP contribution in [-0.2, 0) is 23.1 Å². The van der Waals surface area contributed by atoms with Gasteiger partial charge >= 0.3 is 0 Å². The predicted molar refractivity (Wildman–Crippen MR) is 82.8 cm³/mol. The number of aromatic amines is 1. The molecule has 1 aliphatic carbocycles. The van der Waals surface area contributed by atoms with E-state index in [2.05, 4.69) is 32.4 Å². The molecule has 5 rings (SSSR count). The molecule has 5 heteroatoms. The molecule has 0 radical (unpaired) electrons. The first kappa shape index (κ1) is 11.9. The Morgan fingerprint density at radius 2 is 2.05 bits per heavy atom. The third-order valence-corrected chi connectivity index (χ3v) is 4.90. The average Bonchev–Trinajstić information content (AvgIpc) is 3.11. The highest BCUT2D eigenvalue weighted by Crippen LogP contribution is 2.47. The van der Waals surface area contributed by atoms with Crippen molar-refractivity contribution >= 4 is 22.8 Å². The van der Waals surface area contributed by atoms with Gasteiger partial charge in [0.05, 0.1) is 16.4 Å². The lowest BCUT2D eigenvalue weighted by molar-refractivity contribution is -0.120. The monoisotopic (exact) mass is 290 g/mol. The van der Waals surface area contributed by atoms with Crippen LogP contribution in [0.1, 0.15) is 22.5 Å². The van der Waals surface area contributed by atoms with Gasteiger partial charge in [-0.3, -0.25) is 4.79 Å². The van der Waals surface area contributed by atoms with Gasteiger partial charge in [0, 0.05) is 11.8 Å². The zero-order valence-electron chi connectivity index (χ0n) is 12.1. The summed E-state index contributed by atoms with van der Waals surface area (Å²) in [7, 11) is 0. The van der Waals surface area contributed by atoms with E-state index in [1.807, 2.05) is 19.1 Å². The second kappa shape index (κ2) is 3.74. The normalized spacial score (nSPS) is 17.8. The van der Waals surface area contributed by atoms with Crippen LogP contribution in [-0.4, -0.2) is 20.9 Å². The second-order valence-electron chi connectivity index (χ2n) is 6.25. The Balaban J connectivity index is 1.69. The molecule has 2 N–H and O–H groups in total. The summed E-state index contributed by atoms with van der Waals surface area (Å²) in [4.78, 5) is 24.7. The van der Waals surface area contributed by atoms with Crippen molar-refractivity contribution in [3.8, 4) is 0 Å². The van der Waals surface area contributed by atoms with Crippen molar-refractivity contribution in [3.05, 3.63) is 53.0 Å². The Labute approximate surface area is 126 Å². The van der Waals surface area contributed by atoms with E-state index in [1.165, 1.54) is 11.1 Å². The molecule has 1 aliphatic heterocycles. The van der Waals surface area contributed by atoms with E-state index in [1.54, 1.807) is 6.20 Å². The molecule has 2 aromatic heterocycles. The fraction of sp³-hybridized carbons (Fsp3) is 0.235. The molecule has 22 heavy (non-hydrogen) atoms. The lowest BCUT2D eigenvalue weighted by Gasteiger charge is -2.20. The first-order chi connectivity index (χ1) is 10.7. The summed E-state index contributed by atoms with van der Waals surface area (Å²) in [6, 6.07) is 8.17. The molecule has 108 valence electrons. The first-order valence-electron chi connectivity index (χ1n) is 7.41. The number of anilines is 1. The third-order valence-electron chi connectivity index (χ3n) is 4.90. The van der Waals surface area contributed by atoms with Gasteiger partial charge in [-0.2, -0.15) is 0 Å². The molecular formula is C17H14N4O. The topological polar surface area (TPSA) is 70.7 Å². The van der Waals surface area contributed by atoms with Crippen LogP contribution in [0, 0.1) is 6.92 Å². The molecule has 0 bridgehead atoms. The summed E-state index contributed by atoms with van der Waals surface area (Å²) < 4.78 is 0. The van der Waals surface area contributed by atoms with Gasteiger partial charge in [0.1, 0.15) is 11.6 Å². The number of aryl methyl sites for hydroxylation is 1. The molecule has 3 heterocycles. The molecule has 3 aromatic rings. The molecular weight excluding hydrogens is 276 g/mol. The second-order valence-corrected chi connectivity index (χ2v) is 6.25. The van der Waals surface area contributed by atoms with E-state index in [0.29, 0.717) is 12.2 Å². The van der Waals surface area contributed by atoms with Gasteiger partial charge in [-0.05, 0) is 49.1 Å². The summed E-state index contributed by atoms with van der Waals surface area (Å²) in [6.07, 6.45) is 3.16. The number of pyridine rings is 1. The number of rotatable bonds is 0. The SMILES string of the molecule is Cc1nc2cc3c(cc2[nH]1)CC1(C3)C(=O)Nc2ncccc21. The van der Waals surface area contributed by atoms with E-state index in [0.717, 1.165) is 28.8 Å². The van der Waals surface area contributed by atoms with Crippen molar-refractivity contribution in [1.29, 1.82) is 0 Å². The fourth-order valence-electron chi connectivity index (χ4n) is 3.91. The van der Waals surface area contributed by atoms with Crippen LogP contribution >= 0.6 is 0 Å². The number of amides is 1. The molecule has 1 atom stereocenters. The molecule has 0 saturated heterocycles. The van der Waals surface area contributed by atoms with Crippen molar-refractivity contribution in [3.63, 3.8) is 0 Å². The van der Waals surface area contributed by atoms with Crippen LogP contribution in [0.3, 0.4) is 0 Å². The predicted octanol–water partition coefficient (Wildman–Crippen LogP) is 2.26. The first-order valence-corrected chi connectivity index (χ1v) is 7.41. The number of imidazole rings is 1. The van der Waals surface area contributed by atoms with Crippen molar-refractivity contribution in [2.45, 2.75) is 25.2 Å². The minimum atomic E-state index is -0.500. The van der Waals surface area contributed by atoms with E-state index >= 15 is 0 Å². The molecule has 2 aliphatic rings. The molecule has 1 spiro atoms. The Hall–Kier alpha value is -2.69. The van der Waals surface area contributed by atoms with Gasteiger partial charge < -0.3 is 10.3 Å². The van der Waals surface area contributed by atoms with Crippen molar-refractivity contribution in [2.24, 2.45) is 0 Å². The number of aromatic nitrogens is 3. The molecule has 0 saturated carbocycles. The highest BCUT2D eigenvalue weighted by Gasteiger charge is 2.51. The Morgan fingerprint density at radius 3 is 2.91 bits per heavy atom. The van der Waals surface area contributed by atoms with Crippen molar-refractivity contribution in [2.75, 3.05) is 5.32 Å². The lowest BCUT2D eigenvalue weighted by Crippen LogP contribution is -2.35. The summed E-state index contributed by atoms with van der Waals surface area (Å²) in [5.41, 5.74) is 4.97. The number of fused-ring (bicyclic) bond motifs is 4. The largest absolute Gasteiger partial charge is 0.342 e. The van der Waals surface area contributed by atoms with Crippen molar-refractivity contribution in [1.82, 2.24) is 15.0 Å². The Kier molecular flexibility index (Phi) is 2.02. The standard InChI is InChI=1S/C17H14N4O/c1-9-19-13-5-10-7-17(8-11(10)6-14(13)20-9)12-3-2-4-18-15(12)21-16(17)22/h2-6H,7-8H2,1H3,(H,19,20)(H,18,21,22). The van der Waals surface area contributed by atoms with E-state index < -0.39 is 5.41 Å². The summed E-state index contributed by atoms with van der Waals surface area (Å²) >= 11 is 0. The van der Waals surface area contributed by atoms with Gasteiger partial charge in [-0.1, -0.05) is 6.07 Å². The highest BCUT2D eigenvalue weighted by atomic mass is 16.2. The number of H-pyrrole nitrogens is 1. The molecule has 0 fully saturated rings. The van der Waals surface area contributed by atoms with Crippen LogP contribution in [0.2, 0.25) is 0 Å². The number of hydrogen-bond acceptors (Lipinski definition) is 3. The average molecular weight is 290 g/mol. The third kappa shape index (κ3) is 1.35. The van der Waals surface area contributed by atoms with E-state index in [9.17, 15) is 4.79 Å². The summed E-state index contributed by atoms with van der Waals surface area (Å²) in [5.74, 6) is 1.69. The number of nitrogens with zero attached hydrogens (tertiary/aromatic N) is 2. The van der Waals surface area contributed by atoms with E-state index in [4.69, 9.17) is 0 Å². The molecule has 1 aromatic carbocycles. The van der Waals surface area contributed by atoms with E-state index in [-0.39, 0.29) is 5.91 Å². The maximum Gasteiger partial charge on any atom is 0.237 e. The molecule has 5 nitrogen and oxygen atoms in total. The van der Waals surface area contributed by atoms with Gasteiger partial charge in [-0.25, -0.2) is 9.97 Å². The Morgan fingerprint density at radius 1 is 1.23 bits per heavy atom. The van der Waals surface area contributed by atoms with Crippen LogP contribution in [0.25, 0.3) is 11.0 Å². The van der Waals surface area contributed by atoms with Crippen molar-refractivity contribution < 1.29 is 4.79 Å². The van der Waals surface area contributed by atoms with Crippen LogP contribution < -0.4 is 5.32 Å². The van der Waals surface area contributed by atoms with Crippen LogP contribution in [0.4, 0.5) is 5.82 Å². The zero-order chi connectivity index (χ0) is 14.9. The molecule has 1 unspecified atom stereocenters. The minimum Gasteiger partial charge on any atom is -0.342 e. The number of nitrogens with one attached hydrogen (secondary N) is 2. The Bertz CT molecular complexity index is 913. The minimum absolute atomic E-state index is 0.0604. The zero-order valence-corrected chi connectivity index (χ0v) is 12.1. The van der Waals surface area contributed by atoms with Gasteiger partial charge in [0.2, 0.25) is 5.91 Å². The van der Waals surface area contributed by atoms with Gasteiger partial charge in [0.15, 0.2) is 0 Å². The quantitative estimate of drug-likeness (QED) is 0.667. The summed E-state index contributed by atoms with van der Waals surface area (Å²) in [5, 5.41) is 2.94. The van der Waals surface area contributed by atoms with Gasteiger partial charge in [0.25, 0.3) is 0 Å².